The number of aromatic amines is 1. The van der Waals surface area contributed by atoms with E-state index in [1.807, 2.05) is 6.20 Å². The SMILES string of the molecule is Cc1c(I)cc(Br)c2cc[nH]c12. The highest BCUT2D eigenvalue weighted by Gasteiger charge is 2.05. The van der Waals surface area contributed by atoms with Crippen LogP contribution in [-0.2, 0) is 0 Å². The van der Waals surface area contributed by atoms with Crippen molar-refractivity contribution in [1.29, 1.82) is 0 Å². The molecule has 12 heavy (non-hydrogen) atoms. The zero-order valence-corrected chi connectivity index (χ0v) is 10.2. The Kier molecular flexibility index (Phi) is 2.16. The van der Waals surface area contributed by atoms with Crippen LogP contribution in [0.5, 0.6) is 0 Å². The topological polar surface area (TPSA) is 15.8 Å². The lowest BCUT2D eigenvalue weighted by atomic mass is 10.2. The molecule has 1 nitrogen and oxygen atoms in total. The average Bonchev–Trinajstić information content (AvgIpc) is 2.48. The molecule has 0 bridgehead atoms. The van der Waals surface area contributed by atoms with Crippen LogP contribution in [0, 0.1) is 10.5 Å². The third-order valence-corrected chi connectivity index (χ3v) is 3.77. The van der Waals surface area contributed by atoms with E-state index in [4.69, 9.17) is 0 Å². The molecule has 1 aromatic carbocycles. The molecule has 0 spiro atoms. The minimum Gasteiger partial charge on any atom is -0.361 e. The second-order valence-corrected chi connectivity index (χ2v) is 4.75. The lowest BCUT2D eigenvalue weighted by Gasteiger charge is -2.01. The Balaban J connectivity index is 2.97. The van der Waals surface area contributed by atoms with Gasteiger partial charge in [0.2, 0.25) is 0 Å². The number of benzene rings is 1. The highest BCUT2D eigenvalue weighted by molar-refractivity contribution is 14.1. The molecule has 1 aromatic heterocycles. The van der Waals surface area contributed by atoms with E-state index >= 15 is 0 Å². The second-order valence-electron chi connectivity index (χ2n) is 2.73. The summed E-state index contributed by atoms with van der Waals surface area (Å²) in [5.74, 6) is 0. The molecule has 2 aromatic rings. The van der Waals surface area contributed by atoms with Crippen molar-refractivity contribution in [3.05, 3.63) is 31.9 Å². The monoisotopic (exact) mass is 335 g/mol. The van der Waals surface area contributed by atoms with Crippen molar-refractivity contribution in [2.24, 2.45) is 0 Å². The maximum Gasteiger partial charge on any atom is 0.0505 e. The molecule has 0 unspecified atom stereocenters. The van der Waals surface area contributed by atoms with E-state index in [0.29, 0.717) is 0 Å². The minimum absolute atomic E-state index is 1.16. The van der Waals surface area contributed by atoms with Gasteiger partial charge in [-0.05, 0) is 47.2 Å². The summed E-state index contributed by atoms with van der Waals surface area (Å²) in [6.45, 7) is 2.13. The van der Waals surface area contributed by atoms with Gasteiger partial charge in [-0.2, -0.15) is 0 Å². The van der Waals surface area contributed by atoms with Gasteiger partial charge in [-0.3, -0.25) is 0 Å². The van der Waals surface area contributed by atoms with Gasteiger partial charge in [0, 0.05) is 19.6 Å². The number of rotatable bonds is 0. The molecule has 0 fully saturated rings. The lowest BCUT2D eigenvalue weighted by molar-refractivity contribution is 1.39. The van der Waals surface area contributed by atoms with Crippen LogP contribution in [0.3, 0.4) is 0 Å². The normalized spacial score (nSPS) is 10.9. The molecule has 3 heteroatoms. The molecule has 0 saturated carbocycles. The third-order valence-electron chi connectivity index (χ3n) is 1.99. The fourth-order valence-electron chi connectivity index (χ4n) is 1.30. The predicted octanol–water partition coefficient (Wildman–Crippen LogP) is 3.84. The Bertz CT molecular complexity index is 433. The van der Waals surface area contributed by atoms with Gasteiger partial charge in [0.05, 0.1) is 5.52 Å². The summed E-state index contributed by atoms with van der Waals surface area (Å²) in [5.41, 5.74) is 2.55. The predicted molar refractivity (Wildman–Crippen MR) is 63.5 cm³/mol. The summed E-state index contributed by atoms with van der Waals surface area (Å²) < 4.78 is 2.45. The smallest absolute Gasteiger partial charge is 0.0505 e. The Morgan fingerprint density at radius 3 is 3.00 bits per heavy atom. The van der Waals surface area contributed by atoms with Crippen molar-refractivity contribution in [2.75, 3.05) is 0 Å². The molecule has 0 radical (unpaired) electrons. The van der Waals surface area contributed by atoms with Crippen molar-refractivity contribution in [3.8, 4) is 0 Å². The fraction of sp³-hybridized carbons (Fsp3) is 0.111. The summed E-state index contributed by atoms with van der Waals surface area (Å²) in [5, 5.41) is 1.26. The van der Waals surface area contributed by atoms with Gasteiger partial charge in [-0.25, -0.2) is 0 Å². The molecule has 0 atom stereocenters. The maximum absolute atomic E-state index is 3.54. The molecular formula is C9H7BrIN. The van der Waals surface area contributed by atoms with Crippen LogP contribution in [0.1, 0.15) is 5.56 Å². The van der Waals surface area contributed by atoms with E-state index in [0.717, 1.165) is 4.47 Å². The number of hydrogen-bond acceptors (Lipinski definition) is 0. The molecule has 1 heterocycles. The zero-order valence-electron chi connectivity index (χ0n) is 6.49. The highest BCUT2D eigenvalue weighted by atomic mass is 127. The van der Waals surface area contributed by atoms with Gasteiger partial charge in [-0.15, -0.1) is 0 Å². The molecule has 2 rings (SSSR count). The number of nitrogens with one attached hydrogen (secondary N) is 1. The van der Waals surface area contributed by atoms with Gasteiger partial charge in [-0.1, -0.05) is 15.9 Å². The van der Waals surface area contributed by atoms with Gasteiger partial charge < -0.3 is 4.98 Å². The van der Waals surface area contributed by atoms with Crippen molar-refractivity contribution < 1.29 is 0 Å². The molecule has 0 aliphatic carbocycles. The van der Waals surface area contributed by atoms with Crippen LogP contribution >= 0.6 is 38.5 Å². The molecule has 0 saturated heterocycles. The average molecular weight is 336 g/mol. The first-order chi connectivity index (χ1) is 5.70. The molecule has 0 amide bonds. The van der Waals surface area contributed by atoms with E-state index < -0.39 is 0 Å². The number of halogens is 2. The van der Waals surface area contributed by atoms with E-state index in [1.165, 1.54) is 20.0 Å². The Morgan fingerprint density at radius 2 is 2.25 bits per heavy atom. The van der Waals surface area contributed by atoms with Crippen LogP contribution in [0.2, 0.25) is 0 Å². The Hall–Kier alpha value is -0.0300. The quantitative estimate of drug-likeness (QED) is 0.704. The molecule has 1 N–H and O–H groups in total. The largest absolute Gasteiger partial charge is 0.361 e. The van der Waals surface area contributed by atoms with Gasteiger partial charge in [0.1, 0.15) is 0 Å². The number of fused-ring (bicyclic) bond motifs is 1. The highest BCUT2D eigenvalue weighted by Crippen LogP contribution is 2.29. The lowest BCUT2D eigenvalue weighted by Crippen LogP contribution is -1.82. The number of aromatic nitrogens is 1. The minimum atomic E-state index is 1.16. The van der Waals surface area contributed by atoms with Crippen molar-refractivity contribution >= 4 is 49.4 Å². The van der Waals surface area contributed by atoms with Gasteiger partial charge >= 0.3 is 0 Å². The van der Waals surface area contributed by atoms with E-state index in [1.54, 1.807) is 0 Å². The van der Waals surface area contributed by atoms with Crippen LogP contribution < -0.4 is 0 Å². The summed E-state index contributed by atoms with van der Waals surface area (Å²) in [7, 11) is 0. The number of aryl methyl sites for hydroxylation is 1. The van der Waals surface area contributed by atoms with Crippen molar-refractivity contribution in [2.45, 2.75) is 6.92 Å². The van der Waals surface area contributed by atoms with Gasteiger partial charge in [0.15, 0.2) is 0 Å². The fourth-order valence-corrected chi connectivity index (χ4v) is 2.86. The zero-order chi connectivity index (χ0) is 8.72. The van der Waals surface area contributed by atoms with E-state index in [2.05, 4.69) is 62.6 Å². The summed E-state index contributed by atoms with van der Waals surface area (Å²) in [4.78, 5) is 3.23. The van der Waals surface area contributed by atoms with Crippen molar-refractivity contribution in [1.82, 2.24) is 4.98 Å². The molecule has 0 aliphatic rings. The van der Waals surface area contributed by atoms with Crippen LogP contribution in [-0.4, -0.2) is 4.98 Å². The van der Waals surface area contributed by atoms with Crippen LogP contribution in [0.4, 0.5) is 0 Å². The Morgan fingerprint density at radius 1 is 1.50 bits per heavy atom. The number of H-pyrrole nitrogens is 1. The first-order valence-electron chi connectivity index (χ1n) is 3.62. The number of hydrogen-bond donors (Lipinski definition) is 1. The standard InChI is InChI=1S/C9H7BrIN/c1-5-8(11)4-7(10)6-2-3-12-9(5)6/h2-4,12H,1H3. The van der Waals surface area contributed by atoms with Crippen LogP contribution in [0.25, 0.3) is 10.9 Å². The van der Waals surface area contributed by atoms with E-state index in [-0.39, 0.29) is 0 Å². The maximum atomic E-state index is 3.54. The van der Waals surface area contributed by atoms with Crippen molar-refractivity contribution in [3.63, 3.8) is 0 Å². The Labute approximate surface area is 92.8 Å². The van der Waals surface area contributed by atoms with Crippen LogP contribution in [0.15, 0.2) is 22.8 Å². The summed E-state index contributed by atoms with van der Waals surface area (Å²) in [6, 6.07) is 4.23. The summed E-state index contributed by atoms with van der Waals surface area (Å²) in [6.07, 6.45) is 1.97. The summed E-state index contributed by atoms with van der Waals surface area (Å²) >= 11 is 5.88. The third kappa shape index (κ3) is 1.19. The first-order valence-corrected chi connectivity index (χ1v) is 5.49. The first kappa shape index (κ1) is 8.56. The van der Waals surface area contributed by atoms with E-state index in [9.17, 15) is 0 Å². The van der Waals surface area contributed by atoms with Gasteiger partial charge in [0.25, 0.3) is 0 Å². The molecular weight excluding hydrogens is 329 g/mol. The molecule has 0 aliphatic heterocycles. The molecule has 62 valence electrons. The second kappa shape index (κ2) is 3.03.